The van der Waals surface area contributed by atoms with Crippen LogP contribution in [0.25, 0.3) is 0 Å². The number of nitrogens with zero attached hydrogens (tertiary/aromatic N) is 1. The molecule has 1 fully saturated rings. The summed E-state index contributed by atoms with van der Waals surface area (Å²) in [6.07, 6.45) is 2.64. The van der Waals surface area contributed by atoms with Crippen LogP contribution in [-0.4, -0.2) is 18.0 Å². The number of rotatable bonds is 4. The first kappa shape index (κ1) is 13.4. The van der Waals surface area contributed by atoms with Crippen molar-refractivity contribution in [1.29, 1.82) is 0 Å². The van der Waals surface area contributed by atoms with E-state index < -0.39 is 0 Å². The van der Waals surface area contributed by atoms with Crippen molar-refractivity contribution in [3.8, 4) is 0 Å². The van der Waals surface area contributed by atoms with Crippen molar-refractivity contribution in [3.63, 3.8) is 0 Å². The highest BCUT2D eigenvalue weighted by atomic mass is 15.2. The zero-order valence-electron chi connectivity index (χ0n) is 12.2. The fraction of sp³-hybridized carbons (Fsp3) is 0.368. The highest BCUT2D eigenvalue weighted by Gasteiger charge is 2.29. The van der Waals surface area contributed by atoms with Gasteiger partial charge in [-0.25, -0.2) is 0 Å². The smallest absolute Gasteiger partial charge is 0.0601 e. The first-order chi connectivity index (χ1) is 9.88. The van der Waals surface area contributed by atoms with Gasteiger partial charge in [0.2, 0.25) is 0 Å². The SMILES string of the molecule is CC[C@H]1CCN(C(c2ccccc2)c2ccccc2)C1. The van der Waals surface area contributed by atoms with E-state index in [0.717, 1.165) is 5.92 Å². The summed E-state index contributed by atoms with van der Waals surface area (Å²) < 4.78 is 0. The standard InChI is InChI=1S/C19H23N/c1-2-16-13-14-20(15-16)19(17-9-5-3-6-10-17)18-11-7-4-8-12-18/h3-12,16,19H,2,13-15H2,1H3/t16-/m0/s1. The average molecular weight is 265 g/mol. The third-order valence-corrected chi connectivity index (χ3v) is 4.49. The summed E-state index contributed by atoms with van der Waals surface area (Å²) in [7, 11) is 0. The molecule has 1 saturated heterocycles. The van der Waals surface area contributed by atoms with Gasteiger partial charge >= 0.3 is 0 Å². The summed E-state index contributed by atoms with van der Waals surface area (Å²) in [5.41, 5.74) is 2.82. The minimum Gasteiger partial charge on any atom is -0.292 e. The molecule has 1 nitrogen and oxygen atoms in total. The van der Waals surface area contributed by atoms with Crippen molar-refractivity contribution in [3.05, 3.63) is 71.8 Å². The molecule has 3 rings (SSSR count). The summed E-state index contributed by atoms with van der Waals surface area (Å²) in [6.45, 7) is 4.76. The van der Waals surface area contributed by atoms with Crippen LogP contribution in [0, 0.1) is 5.92 Å². The molecule has 20 heavy (non-hydrogen) atoms. The predicted octanol–water partition coefficient (Wildman–Crippen LogP) is 4.51. The van der Waals surface area contributed by atoms with Crippen LogP contribution in [0.15, 0.2) is 60.7 Å². The van der Waals surface area contributed by atoms with E-state index in [1.807, 2.05) is 0 Å². The van der Waals surface area contributed by atoms with Gasteiger partial charge in [-0.15, -0.1) is 0 Å². The van der Waals surface area contributed by atoms with E-state index in [4.69, 9.17) is 0 Å². The fourth-order valence-corrected chi connectivity index (χ4v) is 3.32. The van der Waals surface area contributed by atoms with E-state index in [0.29, 0.717) is 6.04 Å². The maximum Gasteiger partial charge on any atom is 0.0601 e. The molecule has 0 saturated carbocycles. The van der Waals surface area contributed by atoms with Gasteiger partial charge in [-0.2, -0.15) is 0 Å². The van der Waals surface area contributed by atoms with Crippen molar-refractivity contribution in [2.45, 2.75) is 25.8 Å². The Kier molecular flexibility index (Phi) is 4.17. The molecule has 0 spiro atoms. The van der Waals surface area contributed by atoms with Crippen molar-refractivity contribution >= 4 is 0 Å². The van der Waals surface area contributed by atoms with Crippen LogP contribution in [0.5, 0.6) is 0 Å². The van der Waals surface area contributed by atoms with Gasteiger partial charge in [-0.3, -0.25) is 4.90 Å². The zero-order valence-corrected chi connectivity index (χ0v) is 12.2. The Labute approximate surface area is 122 Å². The molecular weight excluding hydrogens is 242 g/mol. The summed E-state index contributed by atoms with van der Waals surface area (Å²) in [4.78, 5) is 2.65. The Balaban J connectivity index is 1.93. The number of likely N-dealkylation sites (tertiary alicyclic amines) is 1. The van der Waals surface area contributed by atoms with E-state index in [9.17, 15) is 0 Å². The predicted molar refractivity (Wildman–Crippen MR) is 84.7 cm³/mol. The van der Waals surface area contributed by atoms with Gasteiger partial charge in [0.25, 0.3) is 0 Å². The Morgan fingerprint density at radius 1 is 0.950 bits per heavy atom. The number of hydrogen-bond donors (Lipinski definition) is 0. The van der Waals surface area contributed by atoms with Crippen LogP contribution in [0.2, 0.25) is 0 Å². The van der Waals surface area contributed by atoms with Gasteiger partial charge < -0.3 is 0 Å². The molecule has 0 radical (unpaired) electrons. The van der Waals surface area contributed by atoms with E-state index in [1.54, 1.807) is 0 Å². The Bertz CT molecular complexity index is 480. The van der Waals surface area contributed by atoms with Gasteiger partial charge in [0.15, 0.2) is 0 Å². The minimum absolute atomic E-state index is 0.411. The maximum absolute atomic E-state index is 2.65. The summed E-state index contributed by atoms with van der Waals surface area (Å²) in [5, 5.41) is 0. The second-order valence-electron chi connectivity index (χ2n) is 5.78. The van der Waals surface area contributed by atoms with Gasteiger partial charge in [0, 0.05) is 6.54 Å². The average Bonchev–Trinajstić information content (AvgIpc) is 2.98. The molecule has 0 unspecified atom stereocenters. The monoisotopic (exact) mass is 265 g/mol. The summed E-state index contributed by atoms with van der Waals surface area (Å²) in [6, 6.07) is 22.3. The fourth-order valence-electron chi connectivity index (χ4n) is 3.32. The molecule has 1 heteroatoms. The lowest BCUT2D eigenvalue weighted by atomic mass is 9.97. The van der Waals surface area contributed by atoms with Crippen LogP contribution >= 0.6 is 0 Å². The lowest BCUT2D eigenvalue weighted by Crippen LogP contribution is -2.27. The maximum atomic E-state index is 2.65. The second kappa shape index (κ2) is 6.23. The normalized spacial score (nSPS) is 19.6. The largest absolute Gasteiger partial charge is 0.292 e. The Morgan fingerprint density at radius 3 is 1.95 bits per heavy atom. The Hall–Kier alpha value is -1.60. The highest BCUT2D eigenvalue weighted by molar-refractivity contribution is 5.32. The third-order valence-electron chi connectivity index (χ3n) is 4.49. The van der Waals surface area contributed by atoms with Gasteiger partial charge in [0.1, 0.15) is 0 Å². The van der Waals surface area contributed by atoms with E-state index in [2.05, 4.69) is 72.5 Å². The van der Waals surface area contributed by atoms with Gasteiger partial charge in [-0.05, 0) is 30.0 Å². The molecule has 0 amide bonds. The van der Waals surface area contributed by atoms with E-state index in [1.165, 1.54) is 37.1 Å². The van der Waals surface area contributed by atoms with E-state index >= 15 is 0 Å². The van der Waals surface area contributed by atoms with Crippen LogP contribution in [-0.2, 0) is 0 Å². The number of hydrogen-bond acceptors (Lipinski definition) is 1. The van der Waals surface area contributed by atoms with Crippen molar-refractivity contribution < 1.29 is 0 Å². The summed E-state index contributed by atoms with van der Waals surface area (Å²) in [5.74, 6) is 0.866. The van der Waals surface area contributed by atoms with Gasteiger partial charge in [-0.1, -0.05) is 74.0 Å². The molecule has 104 valence electrons. The van der Waals surface area contributed by atoms with Crippen molar-refractivity contribution in [2.75, 3.05) is 13.1 Å². The molecule has 1 atom stereocenters. The quantitative estimate of drug-likeness (QED) is 0.786. The second-order valence-corrected chi connectivity index (χ2v) is 5.78. The van der Waals surface area contributed by atoms with Gasteiger partial charge in [0.05, 0.1) is 6.04 Å². The van der Waals surface area contributed by atoms with E-state index in [-0.39, 0.29) is 0 Å². The molecule has 1 heterocycles. The molecule has 0 aliphatic carbocycles. The Morgan fingerprint density at radius 2 is 1.50 bits per heavy atom. The van der Waals surface area contributed by atoms with Crippen LogP contribution in [0.4, 0.5) is 0 Å². The molecule has 1 aliphatic heterocycles. The van der Waals surface area contributed by atoms with Crippen LogP contribution in [0.1, 0.15) is 36.9 Å². The van der Waals surface area contributed by atoms with Crippen molar-refractivity contribution in [2.24, 2.45) is 5.92 Å². The summed E-state index contributed by atoms with van der Waals surface area (Å²) >= 11 is 0. The number of benzene rings is 2. The molecular formula is C19H23N. The first-order valence-corrected chi connectivity index (χ1v) is 7.72. The third kappa shape index (κ3) is 2.78. The molecule has 1 aliphatic rings. The minimum atomic E-state index is 0.411. The molecule has 0 aromatic heterocycles. The molecule has 2 aromatic carbocycles. The highest BCUT2D eigenvalue weighted by Crippen LogP contribution is 2.33. The zero-order chi connectivity index (χ0) is 13.8. The molecule has 0 N–H and O–H groups in total. The van der Waals surface area contributed by atoms with Crippen LogP contribution in [0.3, 0.4) is 0 Å². The van der Waals surface area contributed by atoms with Crippen molar-refractivity contribution in [1.82, 2.24) is 4.90 Å². The topological polar surface area (TPSA) is 3.24 Å². The lowest BCUT2D eigenvalue weighted by Gasteiger charge is -2.29. The lowest BCUT2D eigenvalue weighted by molar-refractivity contribution is 0.268. The van der Waals surface area contributed by atoms with Crippen LogP contribution < -0.4 is 0 Å². The molecule has 2 aromatic rings. The first-order valence-electron chi connectivity index (χ1n) is 7.72. The molecule has 0 bridgehead atoms.